The number of hydrogen-bond donors (Lipinski definition) is 1. The molecule has 1 atom stereocenters. The SMILES string of the molecule is CCCOc1cccc(NCCC(C)c2ccccc2)c1. The molecule has 1 unspecified atom stereocenters. The summed E-state index contributed by atoms with van der Waals surface area (Å²) in [7, 11) is 0. The summed E-state index contributed by atoms with van der Waals surface area (Å²) in [6.45, 7) is 6.13. The van der Waals surface area contributed by atoms with Crippen LogP contribution in [0.5, 0.6) is 5.75 Å². The quantitative estimate of drug-likeness (QED) is 0.729. The maximum absolute atomic E-state index is 5.65. The molecular formula is C19H25NO. The fourth-order valence-electron chi connectivity index (χ4n) is 2.30. The van der Waals surface area contributed by atoms with Crippen LogP contribution < -0.4 is 10.1 Å². The van der Waals surface area contributed by atoms with Gasteiger partial charge in [0.05, 0.1) is 6.61 Å². The van der Waals surface area contributed by atoms with E-state index in [0.717, 1.165) is 37.4 Å². The summed E-state index contributed by atoms with van der Waals surface area (Å²) in [6, 6.07) is 18.9. The maximum Gasteiger partial charge on any atom is 0.121 e. The summed E-state index contributed by atoms with van der Waals surface area (Å²) in [4.78, 5) is 0. The zero-order valence-corrected chi connectivity index (χ0v) is 13.0. The Morgan fingerprint density at radius 2 is 1.86 bits per heavy atom. The van der Waals surface area contributed by atoms with Crippen molar-refractivity contribution in [2.45, 2.75) is 32.6 Å². The minimum Gasteiger partial charge on any atom is -0.494 e. The molecule has 0 aliphatic heterocycles. The lowest BCUT2D eigenvalue weighted by Crippen LogP contribution is -2.06. The number of nitrogens with one attached hydrogen (secondary N) is 1. The topological polar surface area (TPSA) is 21.3 Å². The van der Waals surface area contributed by atoms with Crippen LogP contribution in [0.1, 0.15) is 38.2 Å². The molecule has 2 aromatic carbocycles. The van der Waals surface area contributed by atoms with Crippen LogP contribution >= 0.6 is 0 Å². The fourth-order valence-corrected chi connectivity index (χ4v) is 2.30. The highest BCUT2D eigenvalue weighted by atomic mass is 16.5. The van der Waals surface area contributed by atoms with Gasteiger partial charge in [0.15, 0.2) is 0 Å². The zero-order valence-electron chi connectivity index (χ0n) is 13.0. The van der Waals surface area contributed by atoms with Gasteiger partial charge in [-0.1, -0.05) is 50.2 Å². The second-order valence-electron chi connectivity index (χ2n) is 5.40. The van der Waals surface area contributed by atoms with Gasteiger partial charge in [0.2, 0.25) is 0 Å². The third-order valence-corrected chi connectivity index (χ3v) is 3.58. The Hall–Kier alpha value is -1.96. The van der Waals surface area contributed by atoms with E-state index in [-0.39, 0.29) is 0 Å². The summed E-state index contributed by atoms with van der Waals surface area (Å²) < 4.78 is 5.65. The average Bonchev–Trinajstić information content (AvgIpc) is 2.54. The van der Waals surface area contributed by atoms with Crippen molar-refractivity contribution in [1.82, 2.24) is 0 Å². The van der Waals surface area contributed by atoms with E-state index >= 15 is 0 Å². The lowest BCUT2D eigenvalue weighted by Gasteiger charge is -2.13. The van der Waals surface area contributed by atoms with Gasteiger partial charge in [-0.2, -0.15) is 0 Å². The molecule has 0 aliphatic carbocycles. The van der Waals surface area contributed by atoms with Gasteiger partial charge in [0, 0.05) is 18.3 Å². The van der Waals surface area contributed by atoms with Crippen molar-refractivity contribution in [2.24, 2.45) is 0 Å². The van der Waals surface area contributed by atoms with Crippen LogP contribution in [0.3, 0.4) is 0 Å². The highest BCUT2D eigenvalue weighted by Gasteiger charge is 2.04. The lowest BCUT2D eigenvalue weighted by atomic mass is 9.98. The van der Waals surface area contributed by atoms with Gasteiger partial charge >= 0.3 is 0 Å². The molecule has 0 spiro atoms. The molecule has 2 rings (SSSR count). The second kappa shape index (κ2) is 8.35. The first kappa shape index (κ1) is 15.4. The summed E-state index contributed by atoms with van der Waals surface area (Å²) in [5.74, 6) is 1.51. The molecule has 0 heterocycles. The van der Waals surface area contributed by atoms with Crippen LogP contribution in [-0.4, -0.2) is 13.2 Å². The van der Waals surface area contributed by atoms with Crippen LogP contribution in [0, 0.1) is 0 Å². The Morgan fingerprint density at radius 1 is 1.05 bits per heavy atom. The molecule has 1 N–H and O–H groups in total. The first-order valence-corrected chi connectivity index (χ1v) is 7.81. The van der Waals surface area contributed by atoms with Gasteiger partial charge < -0.3 is 10.1 Å². The minimum absolute atomic E-state index is 0.568. The van der Waals surface area contributed by atoms with E-state index < -0.39 is 0 Å². The van der Waals surface area contributed by atoms with Crippen molar-refractivity contribution in [3.8, 4) is 5.75 Å². The molecular weight excluding hydrogens is 258 g/mol. The van der Waals surface area contributed by atoms with Gasteiger partial charge in [0.1, 0.15) is 5.75 Å². The van der Waals surface area contributed by atoms with Gasteiger partial charge in [-0.05, 0) is 36.5 Å². The van der Waals surface area contributed by atoms with E-state index in [9.17, 15) is 0 Å². The summed E-state index contributed by atoms with van der Waals surface area (Å²) in [5, 5.41) is 3.48. The van der Waals surface area contributed by atoms with Crippen LogP contribution in [0.2, 0.25) is 0 Å². The molecule has 0 bridgehead atoms. The Morgan fingerprint density at radius 3 is 2.62 bits per heavy atom. The van der Waals surface area contributed by atoms with E-state index in [1.165, 1.54) is 5.56 Å². The van der Waals surface area contributed by atoms with Gasteiger partial charge in [-0.15, -0.1) is 0 Å². The third kappa shape index (κ3) is 5.14. The van der Waals surface area contributed by atoms with Gasteiger partial charge in [-0.3, -0.25) is 0 Å². The van der Waals surface area contributed by atoms with E-state index in [2.05, 4.69) is 61.6 Å². The summed E-state index contributed by atoms with van der Waals surface area (Å²) in [6.07, 6.45) is 2.15. The summed E-state index contributed by atoms with van der Waals surface area (Å²) in [5.41, 5.74) is 2.53. The molecule has 0 amide bonds. The Kier molecular flexibility index (Phi) is 6.14. The Balaban J connectivity index is 1.80. The Labute approximate surface area is 128 Å². The van der Waals surface area contributed by atoms with E-state index in [4.69, 9.17) is 4.74 Å². The molecule has 112 valence electrons. The smallest absolute Gasteiger partial charge is 0.121 e. The number of anilines is 1. The average molecular weight is 283 g/mol. The summed E-state index contributed by atoms with van der Waals surface area (Å²) >= 11 is 0. The molecule has 0 saturated carbocycles. The normalized spacial score (nSPS) is 11.9. The van der Waals surface area contributed by atoms with Crippen molar-refractivity contribution in [2.75, 3.05) is 18.5 Å². The van der Waals surface area contributed by atoms with Gasteiger partial charge in [-0.25, -0.2) is 0 Å². The van der Waals surface area contributed by atoms with Crippen LogP contribution in [-0.2, 0) is 0 Å². The Bertz CT molecular complexity index is 524. The molecule has 0 saturated heterocycles. The van der Waals surface area contributed by atoms with Crippen molar-refractivity contribution >= 4 is 5.69 Å². The lowest BCUT2D eigenvalue weighted by molar-refractivity contribution is 0.317. The highest BCUT2D eigenvalue weighted by molar-refractivity contribution is 5.48. The molecule has 21 heavy (non-hydrogen) atoms. The predicted octanol–water partition coefficient (Wildman–Crippen LogP) is 5.08. The maximum atomic E-state index is 5.65. The van der Waals surface area contributed by atoms with Crippen LogP contribution in [0.15, 0.2) is 54.6 Å². The molecule has 0 fully saturated rings. The molecule has 0 aromatic heterocycles. The zero-order chi connectivity index (χ0) is 14.9. The van der Waals surface area contributed by atoms with Crippen molar-refractivity contribution < 1.29 is 4.74 Å². The standard InChI is InChI=1S/C19H25NO/c1-3-14-21-19-11-7-10-18(15-19)20-13-12-16(2)17-8-5-4-6-9-17/h4-11,15-16,20H,3,12-14H2,1-2H3. The third-order valence-electron chi connectivity index (χ3n) is 3.58. The van der Waals surface area contributed by atoms with E-state index in [1.54, 1.807) is 0 Å². The number of rotatable bonds is 8. The fraction of sp³-hybridized carbons (Fsp3) is 0.368. The van der Waals surface area contributed by atoms with Crippen LogP contribution in [0.25, 0.3) is 0 Å². The van der Waals surface area contributed by atoms with E-state index in [1.807, 2.05) is 12.1 Å². The number of benzene rings is 2. The van der Waals surface area contributed by atoms with Crippen molar-refractivity contribution in [1.29, 1.82) is 0 Å². The van der Waals surface area contributed by atoms with Crippen molar-refractivity contribution in [3.05, 3.63) is 60.2 Å². The largest absolute Gasteiger partial charge is 0.494 e. The minimum atomic E-state index is 0.568. The highest BCUT2D eigenvalue weighted by Crippen LogP contribution is 2.20. The first-order valence-electron chi connectivity index (χ1n) is 7.81. The van der Waals surface area contributed by atoms with E-state index in [0.29, 0.717) is 5.92 Å². The van der Waals surface area contributed by atoms with Crippen LogP contribution in [0.4, 0.5) is 5.69 Å². The molecule has 2 aromatic rings. The second-order valence-corrected chi connectivity index (χ2v) is 5.40. The molecule has 0 aliphatic rings. The number of ether oxygens (including phenoxy) is 1. The molecule has 2 nitrogen and oxygen atoms in total. The number of hydrogen-bond acceptors (Lipinski definition) is 2. The van der Waals surface area contributed by atoms with Gasteiger partial charge in [0.25, 0.3) is 0 Å². The molecule has 2 heteroatoms. The molecule has 0 radical (unpaired) electrons. The first-order chi connectivity index (χ1) is 10.3. The predicted molar refractivity (Wildman–Crippen MR) is 90.2 cm³/mol. The van der Waals surface area contributed by atoms with Crippen molar-refractivity contribution in [3.63, 3.8) is 0 Å². The monoisotopic (exact) mass is 283 g/mol.